The van der Waals surface area contributed by atoms with E-state index < -0.39 is 24.1 Å². The van der Waals surface area contributed by atoms with Crippen molar-refractivity contribution in [1.29, 1.82) is 0 Å². The minimum absolute atomic E-state index is 0.0378. The van der Waals surface area contributed by atoms with Gasteiger partial charge < -0.3 is 19.0 Å². The molecule has 29 heavy (non-hydrogen) atoms. The van der Waals surface area contributed by atoms with Crippen molar-refractivity contribution in [3.63, 3.8) is 0 Å². The first-order valence-electron chi connectivity index (χ1n) is 10.6. The number of esters is 2. The minimum atomic E-state index is -0.832. The lowest BCUT2D eigenvalue weighted by molar-refractivity contribution is -0.229. The van der Waals surface area contributed by atoms with Crippen LogP contribution in [0.15, 0.2) is 16.7 Å². The summed E-state index contributed by atoms with van der Waals surface area (Å²) in [6.07, 6.45) is 3.76. The second kappa shape index (κ2) is 6.86. The van der Waals surface area contributed by atoms with E-state index in [0.29, 0.717) is 6.42 Å². The van der Waals surface area contributed by atoms with E-state index in [4.69, 9.17) is 13.9 Å². The lowest BCUT2D eigenvalue weighted by Crippen LogP contribution is -2.66. The van der Waals surface area contributed by atoms with Crippen LogP contribution in [0.4, 0.5) is 0 Å². The Hall–Kier alpha value is -1.82. The van der Waals surface area contributed by atoms with Crippen molar-refractivity contribution in [2.24, 2.45) is 28.6 Å². The van der Waals surface area contributed by atoms with E-state index in [1.165, 1.54) is 14.0 Å². The van der Waals surface area contributed by atoms with Gasteiger partial charge in [0, 0.05) is 24.8 Å². The zero-order valence-corrected chi connectivity index (χ0v) is 17.9. The highest BCUT2D eigenvalue weighted by Gasteiger charge is 2.66. The Balaban J connectivity index is 1.90. The number of rotatable bonds is 2. The highest BCUT2D eigenvalue weighted by atomic mass is 16.6. The molecule has 0 bridgehead atoms. The van der Waals surface area contributed by atoms with E-state index in [1.807, 2.05) is 6.07 Å². The zero-order valence-electron chi connectivity index (χ0n) is 17.9. The third-order valence-electron chi connectivity index (χ3n) is 8.12. The van der Waals surface area contributed by atoms with Crippen LogP contribution in [0.25, 0.3) is 0 Å². The molecule has 1 aromatic rings. The van der Waals surface area contributed by atoms with Gasteiger partial charge in [0.2, 0.25) is 0 Å². The number of fused-ring (bicyclic) bond motifs is 4. The van der Waals surface area contributed by atoms with E-state index in [1.54, 1.807) is 6.26 Å². The third kappa shape index (κ3) is 2.94. The van der Waals surface area contributed by atoms with Crippen LogP contribution in [-0.4, -0.2) is 36.4 Å². The molecule has 1 N–H and O–H groups in total. The Bertz CT molecular complexity index is 810. The van der Waals surface area contributed by atoms with E-state index in [2.05, 4.69) is 20.8 Å². The maximum atomic E-state index is 12.9. The summed E-state index contributed by atoms with van der Waals surface area (Å²) >= 11 is 0. The summed E-state index contributed by atoms with van der Waals surface area (Å²) < 4.78 is 16.7. The SMILES string of the molecule is COC(=O)[C@@H]1c2ccoc2C[C@H]2[C@H]1[C@H](OC(C)=O)[C@@H](O)[C@H]1C(C)(C)CCC[C@]21C. The highest BCUT2D eigenvalue weighted by molar-refractivity contribution is 5.79. The van der Waals surface area contributed by atoms with Crippen LogP contribution < -0.4 is 0 Å². The molecule has 1 heterocycles. The van der Waals surface area contributed by atoms with Gasteiger partial charge >= 0.3 is 11.9 Å². The third-order valence-corrected chi connectivity index (χ3v) is 8.12. The number of hydrogen-bond acceptors (Lipinski definition) is 6. The summed E-state index contributed by atoms with van der Waals surface area (Å²) in [5.41, 5.74) is 0.499. The average Bonchev–Trinajstić information content (AvgIpc) is 3.10. The Morgan fingerprint density at radius 1 is 1.24 bits per heavy atom. The van der Waals surface area contributed by atoms with Crippen LogP contribution in [-0.2, 0) is 25.5 Å². The van der Waals surface area contributed by atoms with E-state index >= 15 is 0 Å². The van der Waals surface area contributed by atoms with Crippen molar-refractivity contribution >= 4 is 11.9 Å². The predicted octanol–water partition coefficient (Wildman–Crippen LogP) is 3.46. The largest absolute Gasteiger partial charge is 0.469 e. The molecule has 0 radical (unpaired) electrons. The molecule has 0 amide bonds. The van der Waals surface area contributed by atoms with Gasteiger partial charge in [-0.15, -0.1) is 0 Å². The molecule has 6 nitrogen and oxygen atoms in total. The average molecular weight is 405 g/mol. The molecule has 2 fully saturated rings. The van der Waals surface area contributed by atoms with Crippen molar-refractivity contribution < 1.29 is 28.6 Å². The molecule has 7 atom stereocenters. The van der Waals surface area contributed by atoms with Crippen LogP contribution in [0.1, 0.15) is 64.2 Å². The molecule has 0 spiro atoms. The van der Waals surface area contributed by atoms with Gasteiger partial charge in [0.25, 0.3) is 0 Å². The molecule has 0 unspecified atom stereocenters. The maximum Gasteiger partial charge on any atom is 0.313 e. The molecule has 4 rings (SSSR count). The molecule has 160 valence electrons. The van der Waals surface area contributed by atoms with E-state index in [-0.39, 0.29) is 34.6 Å². The number of ether oxygens (including phenoxy) is 2. The van der Waals surface area contributed by atoms with Crippen molar-refractivity contribution in [2.45, 2.75) is 71.5 Å². The zero-order chi connectivity index (χ0) is 21.1. The Labute approximate surface area is 171 Å². The molecule has 0 aliphatic heterocycles. The Morgan fingerprint density at radius 3 is 2.62 bits per heavy atom. The number of carbonyl (C=O) groups is 2. The first-order valence-corrected chi connectivity index (χ1v) is 10.6. The fourth-order valence-corrected chi connectivity index (χ4v) is 7.23. The van der Waals surface area contributed by atoms with Gasteiger partial charge in [-0.2, -0.15) is 0 Å². The summed E-state index contributed by atoms with van der Waals surface area (Å²) in [6.45, 7) is 8.00. The monoisotopic (exact) mass is 404 g/mol. The van der Waals surface area contributed by atoms with Gasteiger partial charge in [-0.3, -0.25) is 9.59 Å². The smallest absolute Gasteiger partial charge is 0.313 e. The maximum absolute atomic E-state index is 12.9. The van der Waals surface area contributed by atoms with Gasteiger partial charge in [0.05, 0.1) is 25.4 Å². The van der Waals surface area contributed by atoms with Crippen molar-refractivity contribution in [3.8, 4) is 0 Å². The fraction of sp³-hybridized carbons (Fsp3) is 0.739. The van der Waals surface area contributed by atoms with Gasteiger partial charge in [-0.05, 0) is 41.6 Å². The predicted molar refractivity (Wildman–Crippen MR) is 105 cm³/mol. The first-order chi connectivity index (χ1) is 13.6. The molecule has 0 saturated heterocycles. The molecule has 3 aliphatic carbocycles. The summed E-state index contributed by atoms with van der Waals surface area (Å²) in [5.74, 6) is -0.957. The molecule has 1 aromatic heterocycles. The van der Waals surface area contributed by atoms with Gasteiger partial charge in [0.15, 0.2) is 0 Å². The van der Waals surface area contributed by atoms with Crippen LogP contribution >= 0.6 is 0 Å². The molecular weight excluding hydrogens is 372 g/mol. The lowest BCUT2D eigenvalue weighted by atomic mass is 9.42. The Morgan fingerprint density at radius 2 is 1.97 bits per heavy atom. The van der Waals surface area contributed by atoms with Crippen LogP contribution in [0.2, 0.25) is 0 Å². The van der Waals surface area contributed by atoms with Crippen LogP contribution in [0.3, 0.4) is 0 Å². The number of carbonyl (C=O) groups excluding carboxylic acids is 2. The number of furan rings is 1. The van der Waals surface area contributed by atoms with Crippen LogP contribution in [0, 0.1) is 28.6 Å². The number of hydrogen-bond donors (Lipinski definition) is 1. The number of aliphatic hydroxyl groups is 1. The van der Waals surface area contributed by atoms with E-state index in [0.717, 1.165) is 30.6 Å². The number of aliphatic hydroxyl groups excluding tert-OH is 1. The normalized spacial score (nSPS) is 40.2. The van der Waals surface area contributed by atoms with Gasteiger partial charge in [-0.1, -0.05) is 27.2 Å². The molecule has 3 aliphatic rings. The van der Waals surface area contributed by atoms with Crippen molar-refractivity contribution in [2.75, 3.05) is 7.11 Å². The minimum Gasteiger partial charge on any atom is -0.469 e. The highest BCUT2D eigenvalue weighted by Crippen LogP contribution is 2.65. The van der Waals surface area contributed by atoms with Crippen LogP contribution in [0.5, 0.6) is 0 Å². The summed E-state index contributed by atoms with van der Waals surface area (Å²) in [4.78, 5) is 24.9. The van der Waals surface area contributed by atoms with E-state index in [9.17, 15) is 14.7 Å². The summed E-state index contributed by atoms with van der Waals surface area (Å²) in [6, 6.07) is 1.81. The number of methoxy groups -OCH3 is 1. The van der Waals surface area contributed by atoms with Crippen molar-refractivity contribution in [1.82, 2.24) is 0 Å². The summed E-state index contributed by atoms with van der Waals surface area (Å²) in [7, 11) is 1.38. The fourth-order valence-electron chi connectivity index (χ4n) is 7.23. The Kier molecular flexibility index (Phi) is 4.84. The molecule has 2 saturated carbocycles. The van der Waals surface area contributed by atoms with Gasteiger partial charge in [-0.25, -0.2) is 0 Å². The molecule has 6 heteroatoms. The second-order valence-corrected chi connectivity index (χ2v) is 10.1. The standard InChI is InChI=1S/C23H32O6/c1-12(24)29-19-17-14(11-15-13(7-10-28-15)16(17)21(26)27-5)23(4)9-6-8-22(2,3)20(23)18(19)25/h7,10,14,16-20,25H,6,8-9,11H2,1-5H3/t14-,16+,17+,18+,19-,20-,23+/m0/s1. The first kappa shape index (κ1) is 20.5. The quantitative estimate of drug-likeness (QED) is 0.760. The molecule has 0 aromatic carbocycles. The summed E-state index contributed by atoms with van der Waals surface area (Å²) in [5, 5.41) is 11.6. The molecular formula is C23H32O6. The van der Waals surface area contributed by atoms with Gasteiger partial charge in [0.1, 0.15) is 11.9 Å². The second-order valence-electron chi connectivity index (χ2n) is 10.1. The topological polar surface area (TPSA) is 86.0 Å². The lowest BCUT2D eigenvalue weighted by Gasteiger charge is -2.64. The van der Waals surface area contributed by atoms with Crippen molar-refractivity contribution in [3.05, 3.63) is 23.7 Å².